The Labute approximate surface area is 145 Å². The first-order valence-electron chi connectivity index (χ1n) is 5.97. The summed E-state index contributed by atoms with van der Waals surface area (Å²) in [4.78, 5) is 0. The van der Waals surface area contributed by atoms with Crippen molar-refractivity contribution >= 4 is 57.6 Å². The Kier molecular flexibility index (Phi) is 6.57. The van der Waals surface area contributed by atoms with Crippen molar-refractivity contribution in [1.82, 2.24) is 0 Å². The summed E-state index contributed by atoms with van der Waals surface area (Å²) in [5.41, 5.74) is 1.10. The molecular formula is C13H17Br3O3S. The average Bonchev–Trinajstić information content (AvgIpc) is 2.30. The van der Waals surface area contributed by atoms with Crippen LogP contribution in [0.5, 0.6) is 5.75 Å². The normalized spacial score (nSPS) is 12.5. The van der Waals surface area contributed by atoms with Crippen LogP contribution in [0.1, 0.15) is 26.3 Å². The van der Waals surface area contributed by atoms with Crippen LogP contribution in [0.2, 0.25) is 0 Å². The lowest BCUT2D eigenvalue weighted by molar-refractivity contribution is 0.335. The molecule has 0 fully saturated rings. The lowest BCUT2D eigenvalue weighted by Gasteiger charge is -2.19. The summed E-state index contributed by atoms with van der Waals surface area (Å²) in [5.74, 6) is 0.620. The zero-order chi connectivity index (χ0) is 15.6. The van der Waals surface area contributed by atoms with E-state index >= 15 is 0 Å². The van der Waals surface area contributed by atoms with E-state index in [1.807, 2.05) is 12.1 Å². The van der Waals surface area contributed by atoms with Crippen LogP contribution in [0.25, 0.3) is 0 Å². The molecule has 1 aromatic rings. The highest BCUT2D eigenvalue weighted by molar-refractivity contribution is 9.11. The highest BCUT2D eigenvalue weighted by Gasteiger charge is 2.28. The van der Waals surface area contributed by atoms with E-state index in [1.54, 1.807) is 20.8 Å². The summed E-state index contributed by atoms with van der Waals surface area (Å²) in [7, 11) is -3.17. The summed E-state index contributed by atoms with van der Waals surface area (Å²) < 4.78 is 30.5. The topological polar surface area (TPSA) is 43.4 Å². The fourth-order valence-corrected chi connectivity index (χ4v) is 4.14. The van der Waals surface area contributed by atoms with Crippen molar-refractivity contribution in [2.75, 3.05) is 12.4 Å². The number of benzene rings is 1. The molecule has 0 amide bonds. The van der Waals surface area contributed by atoms with Gasteiger partial charge < -0.3 is 4.74 Å². The van der Waals surface area contributed by atoms with Crippen molar-refractivity contribution < 1.29 is 13.2 Å². The zero-order valence-corrected chi connectivity index (χ0v) is 17.1. The van der Waals surface area contributed by atoms with Crippen molar-refractivity contribution in [1.29, 1.82) is 0 Å². The minimum absolute atomic E-state index is 0.00439. The summed E-state index contributed by atoms with van der Waals surface area (Å²) in [5, 5.41) is 0.739. The van der Waals surface area contributed by atoms with Gasteiger partial charge in [-0.1, -0.05) is 15.9 Å². The first kappa shape index (κ1) is 18.5. The van der Waals surface area contributed by atoms with Crippen molar-refractivity contribution in [3.05, 3.63) is 26.6 Å². The first-order valence-corrected chi connectivity index (χ1v) is 10.3. The largest absolute Gasteiger partial charge is 0.490 e. The maximum Gasteiger partial charge on any atom is 0.158 e. The predicted molar refractivity (Wildman–Crippen MR) is 93.5 cm³/mol. The molecule has 0 spiro atoms. The van der Waals surface area contributed by atoms with Gasteiger partial charge in [0.25, 0.3) is 0 Å². The van der Waals surface area contributed by atoms with E-state index in [1.165, 1.54) is 0 Å². The number of alkyl halides is 1. The molecule has 0 saturated heterocycles. The van der Waals surface area contributed by atoms with Gasteiger partial charge >= 0.3 is 0 Å². The van der Waals surface area contributed by atoms with E-state index in [-0.39, 0.29) is 12.4 Å². The van der Waals surface area contributed by atoms with E-state index in [0.29, 0.717) is 5.75 Å². The van der Waals surface area contributed by atoms with Crippen LogP contribution >= 0.6 is 47.8 Å². The van der Waals surface area contributed by atoms with E-state index in [9.17, 15) is 8.42 Å². The first-order chi connectivity index (χ1) is 9.08. The Hall–Kier alpha value is 0.410. The van der Waals surface area contributed by atoms with Gasteiger partial charge in [-0.2, -0.15) is 0 Å². The molecule has 7 heteroatoms. The highest BCUT2D eigenvalue weighted by atomic mass is 79.9. The van der Waals surface area contributed by atoms with Crippen molar-refractivity contribution in [3.8, 4) is 5.75 Å². The number of ether oxygens (including phenoxy) is 1. The van der Waals surface area contributed by atoms with E-state index in [0.717, 1.165) is 19.8 Å². The third-order valence-electron chi connectivity index (χ3n) is 2.74. The van der Waals surface area contributed by atoms with Crippen LogP contribution in [-0.2, 0) is 15.2 Å². The van der Waals surface area contributed by atoms with Gasteiger partial charge in [-0.05, 0) is 70.3 Å². The second-order valence-corrected chi connectivity index (χ2v) is 10.4. The second kappa shape index (κ2) is 7.11. The van der Waals surface area contributed by atoms with Gasteiger partial charge in [-0.25, -0.2) is 8.42 Å². The highest BCUT2D eigenvalue weighted by Crippen LogP contribution is 2.35. The average molecular weight is 493 g/mol. The molecule has 0 saturated carbocycles. The predicted octanol–water partition coefficient (Wildman–Crippen LogP) is 4.70. The molecule has 0 unspecified atom stereocenters. The summed E-state index contributed by atoms with van der Waals surface area (Å²) in [6, 6.07) is 3.88. The number of hydrogen-bond donors (Lipinski definition) is 0. The minimum atomic E-state index is -3.17. The molecule has 114 valence electrons. The molecule has 1 aromatic carbocycles. The molecule has 0 bridgehead atoms. The molecule has 0 heterocycles. The van der Waals surface area contributed by atoms with E-state index in [4.69, 9.17) is 4.74 Å². The quantitative estimate of drug-likeness (QED) is 0.560. The zero-order valence-electron chi connectivity index (χ0n) is 11.5. The number of hydrogen-bond acceptors (Lipinski definition) is 3. The Balaban J connectivity index is 2.78. The van der Waals surface area contributed by atoms with Crippen LogP contribution in [0, 0.1) is 0 Å². The Morgan fingerprint density at radius 2 is 1.65 bits per heavy atom. The van der Waals surface area contributed by atoms with Gasteiger partial charge in [0.1, 0.15) is 12.4 Å². The number of rotatable bonds is 5. The van der Waals surface area contributed by atoms with Gasteiger partial charge in [0.2, 0.25) is 0 Å². The molecule has 0 aromatic heterocycles. The third-order valence-corrected chi connectivity index (χ3v) is 7.14. The monoisotopic (exact) mass is 490 g/mol. The fraction of sp³-hybridized carbons (Fsp3) is 0.538. The van der Waals surface area contributed by atoms with E-state index in [2.05, 4.69) is 47.8 Å². The summed E-state index contributed by atoms with van der Waals surface area (Å²) in [6.45, 7) is 5.21. The smallest absolute Gasteiger partial charge is 0.158 e. The minimum Gasteiger partial charge on any atom is -0.490 e. The number of sulfone groups is 1. The van der Waals surface area contributed by atoms with E-state index < -0.39 is 14.6 Å². The molecular weight excluding hydrogens is 476 g/mol. The summed E-state index contributed by atoms with van der Waals surface area (Å²) >= 11 is 10.3. The van der Waals surface area contributed by atoms with Gasteiger partial charge in [0.15, 0.2) is 9.84 Å². The maximum atomic E-state index is 12.0. The Bertz CT molecular complexity index is 554. The Morgan fingerprint density at radius 1 is 1.15 bits per heavy atom. The van der Waals surface area contributed by atoms with Crippen LogP contribution in [-0.4, -0.2) is 25.5 Å². The summed E-state index contributed by atoms with van der Waals surface area (Å²) in [6.07, 6.45) is 0. The van der Waals surface area contributed by atoms with Crippen molar-refractivity contribution in [2.24, 2.45) is 0 Å². The van der Waals surface area contributed by atoms with Gasteiger partial charge in [0, 0.05) is 5.33 Å². The third kappa shape index (κ3) is 4.71. The molecule has 20 heavy (non-hydrogen) atoms. The van der Waals surface area contributed by atoms with Crippen molar-refractivity contribution in [3.63, 3.8) is 0 Å². The second-order valence-electron chi connectivity index (χ2n) is 5.30. The molecule has 0 N–H and O–H groups in total. The molecule has 0 aliphatic carbocycles. The lowest BCUT2D eigenvalue weighted by Crippen LogP contribution is -2.32. The van der Waals surface area contributed by atoms with Crippen LogP contribution < -0.4 is 4.74 Å². The van der Waals surface area contributed by atoms with Crippen LogP contribution in [0.4, 0.5) is 0 Å². The maximum absolute atomic E-state index is 12.0. The fourth-order valence-electron chi connectivity index (χ4n) is 1.39. The van der Waals surface area contributed by atoms with Gasteiger partial charge in [-0.15, -0.1) is 0 Å². The molecule has 0 atom stereocenters. The SMILES string of the molecule is CC(C)(C)S(=O)(=O)CCOc1c(Br)cc(CBr)cc1Br. The van der Waals surface area contributed by atoms with Crippen LogP contribution in [0.3, 0.4) is 0 Å². The van der Waals surface area contributed by atoms with Crippen molar-refractivity contribution in [2.45, 2.75) is 30.8 Å². The van der Waals surface area contributed by atoms with Crippen LogP contribution in [0.15, 0.2) is 21.1 Å². The molecule has 3 nitrogen and oxygen atoms in total. The standard InChI is InChI=1S/C13H17Br3O3S/c1-13(2,3)20(17,18)5-4-19-12-10(15)6-9(8-14)7-11(12)16/h6-7H,4-5,8H2,1-3H3. The number of halogens is 3. The molecule has 0 aliphatic heterocycles. The van der Waals surface area contributed by atoms with Gasteiger partial charge in [-0.3, -0.25) is 0 Å². The Morgan fingerprint density at radius 3 is 2.05 bits per heavy atom. The molecule has 0 aliphatic rings. The lowest BCUT2D eigenvalue weighted by atomic mass is 10.2. The van der Waals surface area contributed by atoms with Gasteiger partial charge in [0.05, 0.1) is 19.4 Å². The molecule has 1 rings (SSSR count). The molecule has 0 radical (unpaired) electrons.